The predicted molar refractivity (Wildman–Crippen MR) is 147 cm³/mol. The maximum atomic E-state index is 12.8. The molecule has 0 aliphatic carbocycles. The lowest BCUT2D eigenvalue weighted by molar-refractivity contribution is -0.119. The normalized spacial score (nSPS) is 12.8. The summed E-state index contributed by atoms with van der Waals surface area (Å²) in [6.07, 6.45) is 0.394. The van der Waals surface area contributed by atoms with Crippen molar-refractivity contribution in [1.29, 1.82) is 0 Å². The van der Waals surface area contributed by atoms with Crippen molar-refractivity contribution in [2.45, 2.75) is 26.1 Å². The Morgan fingerprint density at radius 3 is 2.32 bits per heavy atom. The van der Waals surface area contributed by atoms with Crippen LogP contribution >= 0.6 is 11.6 Å². The summed E-state index contributed by atoms with van der Waals surface area (Å²) in [5, 5.41) is 8.33. The van der Waals surface area contributed by atoms with Crippen LogP contribution in [0.2, 0.25) is 5.02 Å². The third-order valence-corrected chi connectivity index (χ3v) is 6.73. The second kappa shape index (κ2) is 10.5. The molecule has 1 aliphatic rings. The third-order valence-electron chi connectivity index (χ3n) is 6.48. The standard InChI is InChI=1S/C29H28ClN5O2/c1-33(2)25-13-5-20(6-14-25)18-31-29(37)23-7-3-21(4-8-23)19-34-27-17-26(22-9-11-24(30)12-10-22)32-35(27)16-15-28(34)36/h3-14,17H,15-16,18-19H2,1-2H3,(H,31,37). The molecular weight excluding hydrogens is 486 g/mol. The number of fused-ring (bicyclic) bond motifs is 1. The Bertz CT molecular complexity index is 1410. The molecule has 0 saturated carbocycles. The summed E-state index contributed by atoms with van der Waals surface area (Å²) in [5.41, 5.74) is 5.41. The van der Waals surface area contributed by atoms with Crippen molar-refractivity contribution in [2.75, 3.05) is 23.9 Å². The van der Waals surface area contributed by atoms with E-state index in [9.17, 15) is 9.59 Å². The average Bonchev–Trinajstić information content (AvgIpc) is 3.34. The predicted octanol–water partition coefficient (Wildman–Crippen LogP) is 5.14. The van der Waals surface area contributed by atoms with E-state index in [1.54, 1.807) is 17.0 Å². The highest BCUT2D eigenvalue weighted by molar-refractivity contribution is 6.30. The minimum atomic E-state index is -0.136. The summed E-state index contributed by atoms with van der Waals surface area (Å²) >= 11 is 6.02. The largest absolute Gasteiger partial charge is 0.378 e. The van der Waals surface area contributed by atoms with Gasteiger partial charge in [0.05, 0.1) is 18.8 Å². The number of nitrogens with one attached hydrogen (secondary N) is 1. The van der Waals surface area contributed by atoms with Gasteiger partial charge in [-0.3, -0.25) is 14.5 Å². The van der Waals surface area contributed by atoms with Gasteiger partial charge < -0.3 is 10.2 Å². The minimum absolute atomic E-state index is 0.0529. The number of halogens is 1. The summed E-state index contributed by atoms with van der Waals surface area (Å²) in [6, 6.07) is 24.9. The summed E-state index contributed by atoms with van der Waals surface area (Å²) in [4.78, 5) is 29.3. The van der Waals surface area contributed by atoms with E-state index in [2.05, 4.69) is 5.32 Å². The van der Waals surface area contributed by atoms with E-state index < -0.39 is 0 Å². The van der Waals surface area contributed by atoms with Gasteiger partial charge in [-0.2, -0.15) is 5.10 Å². The van der Waals surface area contributed by atoms with Crippen LogP contribution in [0.25, 0.3) is 11.3 Å². The van der Waals surface area contributed by atoms with E-state index in [-0.39, 0.29) is 11.8 Å². The number of rotatable bonds is 7. The van der Waals surface area contributed by atoms with Crippen LogP contribution in [0.1, 0.15) is 27.9 Å². The first-order valence-electron chi connectivity index (χ1n) is 12.1. The monoisotopic (exact) mass is 513 g/mol. The molecule has 1 aromatic heterocycles. The summed E-state index contributed by atoms with van der Waals surface area (Å²) < 4.78 is 1.87. The Morgan fingerprint density at radius 1 is 0.973 bits per heavy atom. The molecule has 0 fully saturated rings. The lowest BCUT2D eigenvalue weighted by Gasteiger charge is -2.27. The Balaban J connectivity index is 1.25. The number of nitrogens with zero attached hydrogens (tertiary/aromatic N) is 4. The van der Waals surface area contributed by atoms with Gasteiger partial charge in [-0.05, 0) is 47.5 Å². The van der Waals surface area contributed by atoms with Gasteiger partial charge in [-0.25, -0.2) is 4.68 Å². The van der Waals surface area contributed by atoms with Crippen molar-refractivity contribution in [1.82, 2.24) is 15.1 Å². The highest BCUT2D eigenvalue weighted by Gasteiger charge is 2.26. The van der Waals surface area contributed by atoms with Gasteiger partial charge >= 0.3 is 0 Å². The van der Waals surface area contributed by atoms with E-state index in [1.165, 1.54) is 0 Å². The molecular formula is C29H28ClN5O2. The first-order valence-corrected chi connectivity index (χ1v) is 12.5. The van der Waals surface area contributed by atoms with Crippen LogP contribution in [0.5, 0.6) is 0 Å². The van der Waals surface area contributed by atoms with Crippen molar-refractivity contribution in [3.8, 4) is 11.3 Å². The second-order valence-electron chi connectivity index (χ2n) is 9.29. The van der Waals surface area contributed by atoms with Crippen LogP contribution in [-0.4, -0.2) is 35.7 Å². The first-order chi connectivity index (χ1) is 17.9. The Hall–Kier alpha value is -4.10. The molecule has 188 valence electrons. The molecule has 5 rings (SSSR count). The molecule has 1 N–H and O–H groups in total. The van der Waals surface area contributed by atoms with E-state index in [0.717, 1.165) is 33.9 Å². The lowest BCUT2D eigenvalue weighted by atomic mass is 10.1. The van der Waals surface area contributed by atoms with Gasteiger partial charge in [0.1, 0.15) is 5.82 Å². The quantitative estimate of drug-likeness (QED) is 0.371. The Labute approximate surface area is 221 Å². The number of amides is 2. The van der Waals surface area contributed by atoms with Crippen LogP contribution < -0.4 is 15.1 Å². The van der Waals surface area contributed by atoms with Crippen molar-refractivity contribution in [2.24, 2.45) is 0 Å². The molecule has 0 spiro atoms. The zero-order valence-corrected chi connectivity index (χ0v) is 21.6. The molecule has 2 heterocycles. The number of anilines is 2. The number of aromatic nitrogens is 2. The minimum Gasteiger partial charge on any atom is -0.378 e. The summed E-state index contributed by atoms with van der Waals surface area (Å²) in [5.74, 6) is 0.684. The van der Waals surface area contributed by atoms with Gasteiger partial charge in [0.15, 0.2) is 0 Å². The molecule has 0 saturated heterocycles. The second-order valence-corrected chi connectivity index (χ2v) is 9.72. The number of hydrogen-bond donors (Lipinski definition) is 1. The van der Waals surface area contributed by atoms with E-state index in [0.29, 0.717) is 36.6 Å². The van der Waals surface area contributed by atoms with E-state index >= 15 is 0 Å². The van der Waals surface area contributed by atoms with Crippen molar-refractivity contribution in [3.05, 3.63) is 101 Å². The average molecular weight is 514 g/mol. The molecule has 0 radical (unpaired) electrons. The van der Waals surface area contributed by atoms with Crippen LogP contribution in [0.15, 0.2) is 78.9 Å². The smallest absolute Gasteiger partial charge is 0.251 e. The zero-order valence-electron chi connectivity index (χ0n) is 20.8. The summed E-state index contributed by atoms with van der Waals surface area (Å²) in [7, 11) is 3.99. The molecule has 0 atom stereocenters. The van der Waals surface area contributed by atoms with Gasteiger partial charge in [-0.1, -0.05) is 48.0 Å². The van der Waals surface area contributed by atoms with Crippen LogP contribution in [0.4, 0.5) is 11.5 Å². The molecule has 0 unspecified atom stereocenters. The number of aryl methyl sites for hydroxylation is 1. The molecule has 7 nitrogen and oxygen atoms in total. The topological polar surface area (TPSA) is 70.5 Å². The van der Waals surface area contributed by atoms with E-state index in [4.69, 9.17) is 16.7 Å². The fraction of sp³-hybridized carbons (Fsp3) is 0.207. The zero-order chi connectivity index (χ0) is 25.9. The fourth-order valence-electron chi connectivity index (χ4n) is 4.32. The highest BCUT2D eigenvalue weighted by Crippen LogP contribution is 2.30. The van der Waals surface area contributed by atoms with Crippen LogP contribution in [-0.2, 0) is 24.4 Å². The molecule has 3 aromatic carbocycles. The number of carbonyl (C=O) groups is 2. The molecule has 0 bridgehead atoms. The molecule has 37 heavy (non-hydrogen) atoms. The fourth-order valence-corrected chi connectivity index (χ4v) is 4.45. The number of benzene rings is 3. The van der Waals surface area contributed by atoms with Crippen LogP contribution in [0, 0.1) is 0 Å². The number of hydrogen-bond acceptors (Lipinski definition) is 4. The van der Waals surface area contributed by atoms with Crippen molar-refractivity contribution >= 4 is 34.9 Å². The lowest BCUT2D eigenvalue weighted by Crippen LogP contribution is -2.36. The Kier molecular flexibility index (Phi) is 6.97. The molecule has 4 aromatic rings. The highest BCUT2D eigenvalue weighted by atomic mass is 35.5. The molecule has 2 amide bonds. The van der Waals surface area contributed by atoms with Gasteiger partial charge in [-0.15, -0.1) is 0 Å². The summed E-state index contributed by atoms with van der Waals surface area (Å²) in [6.45, 7) is 1.41. The van der Waals surface area contributed by atoms with Crippen LogP contribution in [0.3, 0.4) is 0 Å². The van der Waals surface area contributed by atoms with Crippen molar-refractivity contribution < 1.29 is 9.59 Å². The van der Waals surface area contributed by atoms with Gasteiger partial charge in [0.25, 0.3) is 5.91 Å². The van der Waals surface area contributed by atoms with Gasteiger partial charge in [0, 0.05) is 55.0 Å². The Morgan fingerprint density at radius 2 is 1.65 bits per heavy atom. The maximum Gasteiger partial charge on any atom is 0.251 e. The number of carbonyl (C=O) groups excluding carboxylic acids is 2. The third kappa shape index (κ3) is 5.52. The molecule has 8 heteroatoms. The maximum absolute atomic E-state index is 12.8. The van der Waals surface area contributed by atoms with Gasteiger partial charge in [0.2, 0.25) is 5.91 Å². The molecule has 1 aliphatic heterocycles. The van der Waals surface area contributed by atoms with E-state index in [1.807, 2.05) is 90.4 Å². The first kappa shape index (κ1) is 24.6. The van der Waals surface area contributed by atoms with Crippen molar-refractivity contribution in [3.63, 3.8) is 0 Å². The SMILES string of the molecule is CN(C)c1ccc(CNC(=O)c2ccc(CN3C(=O)CCn4nc(-c5ccc(Cl)cc5)cc43)cc2)cc1.